The maximum Gasteiger partial charge on any atom is 0.416 e. The fourth-order valence-electron chi connectivity index (χ4n) is 4.78. The second-order valence-electron chi connectivity index (χ2n) is 12.3. The van der Waals surface area contributed by atoms with E-state index >= 15 is 0 Å². The molecule has 13 nitrogen and oxygen atoms in total. The fraction of sp³-hybridized carbons (Fsp3) is 0.289. The monoisotopic (exact) mass is 822 g/mol. The molecule has 0 bridgehead atoms. The molecule has 7 N–H and O–H groups in total. The van der Waals surface area contributed by atoms with Crippen LogP contribution in [0.25, 0.3) is 5.73 Å². The van der Waals surface area contributed by atoms with Crippen LogP contribution in [0.2, 0.25) is 0 Å². The summed E-state index contributed by atoms with van der Waals surface area (Å²) in [6.07, 6.45) is -1.15. The fourth-order valence-corrected chi connectivity index (χ4v) is 4.78. The van der Waals surface area contributed by atoms with Crippen molar-refractivity contribution >= 4 is 41.2 Å². The summed E-state index contributed by atoms with van der Waals surface area (Å²) in [5.41, 5.74) is 11.6. The molecule has 0 aliphatic carbocycles. The Morgan fingerprint density at radius 3 is 1.59 bits per heavy atom. The van der Waals surface area contributed by atoms with Crippen molar-refractivity contribution in [1.29, 1.82) is 0 Å². The van der Waals surface area contributed by atoms with Crippen molar-refractivity contribution in [3.63, 3.8) is 0 Å². The standard InChI is InChI=1S/C19H20F2N4O3.C13H15F2NO3.C6H4F3N2/c1-2-3-15(19(28)25-16-5-4-12(10-23-16)18(22)27)24-17(26)8-11-6-13(20)9-14(21)7-11;1-2-3-11(13(18)19)16-12(17)6-8-4-9(14)7-10(15)5-8;7-6(8,9)4-1-2-5(10)11-3-4/h4-7,9-10,15H,2-3,8H2,1H3,(H2,22,27)(H,24,26)(H,23,25,28);4-5,7,11H,2-3,6H2,1H3,(H,16,17)(H,18,19);1-3H,(H-,10,11)/q;;-1. The van der Waals surface area contributed by atoms with Gasteiger partial charge < -0.3 is 37.5 Å². The number of hydrogen-bond acceptors (Lipinski definition) is 7. The van der Waals surface area contributed by atoms with E-state index in [0.29, 0.717) is 44.0 Å². The molecule has 2 unspecified atom stereocenters. The van der Waals surface area contributed by atoms with Crippen LogP contribution in [-0.2, 0) is 38.2 Å². The van der Waals surface area contributed by atoms with Crippen molar-refractivity contribution < 1.29 is 59.8 Å². The van der Waals surface area contributed by atoms with Crippen LogP contribution in [0.5, 0.6) is 0 Å². The minimum Gasteiger partial charge on any atom is -0.482 e. The smallest absolute Gasteiger partial charge is 0.416 e. The van der Waals surface area contributed by atoms with E-state index in [4.69, 9.17) is 16.6 Å². The minimum absolute atomic E-state index is 0.161. The Labute approximate surface area is 327 Å². The first kappa shape index (κ1) is 47.6. The number of alkyl halides is 3. The highest BCUT2D eigenvalue weighted by Crippen LogP contribution is 2.29. The normalized spacial score (nSPS) is 11.7. The van der Waals surface area contributed by atoms with Crippen molar-refractivity contribution in [1.82, 2.24) is 20.6 Å². The molecule has 4 aromatic rings. The second kappa shape index (κ2) is 22.8. The number of anilines is 1. The lowest BCUT2D eigenvalue weighted by Crippen LogP contribution is -2.44. The highest BCUT2D eigenvalue weighted by Gasteiger charge is 2.29. The third-order valence-corrected chi connectivity index (χ3v) is 7.40. The Bertz CT molecular complexity index is 1980. The highest BCUT2D eigenvalue weighted by molar-refractivity contribution is 5.97. The largest absolute Gasteiger partial charge is 0.482 e. The van der Waals surface area contributed by atoms with E-state index in [2.05, 4.69) is 25.9 Å². The van der Waals surface area contributed by atoms with Crippen molar-refractivity contribution in [2.75, 3.05) is 5.32 Å². The molecule has 0 spiro atoms. The van der Waals surface area contributed by atoms with Gasteiger partial charge in [0.2, 0.25) is 23.6 Å². The lowest BCUT2D eigenvalue weighted by molar-refractivity contribution is -0.142. The van der Waals surface area contributed by atoms with E-state index in [1.807, 2.05) is 6.92 Å². The summed E-state index contributed by atoms with van der Waals surface area (Å²) in [7, 11) is 0. The van der Waals surface area contributed by atoms with Crippen LogP contribution in [0.1, 0.15) is 66.6 Å². The van der Waals surface area contributed by atoms with Gasteiger partial charge in [-0.3, -0.25) is 19.2 Å². The molecule has 58 heavy (non-hydrogen) atoms. The number of amides is 4. The van der Waals surface area contributed by atoms with E-state index in [1.165, 1.54) is 18.3 Å². The summed E-state index contributed by atoms with van der Waals surface area (Å²) >= 11 is 0. The lowest BCUT2D eigenvalue weighted by atomic mass is 10.1. The predicted octanol–water partition coefficient (Wildman–Crippen LogP) is 6.59. The zero-order valence-corrected chi connectivity index (χ0v) is 30.9. The third kappa shape index (κ3) is 17.5. The Kier molecular flexibility index (Phi) is 18.7. The van der Waals surface area contributed by atoms with Crippen LogP contribution in [0.15, 0.2) is 73.1 Å². The molecule has 2 heterocycles. The maximum absolute atomic E-state index is 13.2. The number of aromatic nitrogens is 2. The summed E-state index contributed by atoms with van der Waals surface area (Å²) in [4.78, 5) is 65.2. The number of nitrogens with two attached hydrogens (primary N) is 1. The Morgan fingerprint density at radius 1 is 0.724 bits per heavy atom. The molecule has 2 aromatic heterocycles. The number of carbonyl (C=O) groups is 5. The molecule has 0 saturated carbocycles. The van der Waals surface area contributed by atoms with E-state index in [0.717, 1.165) is 36.4 Å². The Balaban J connectivity index is 0.000000332. The molecule has 0 aliphatic rings. The zero-order valence-electron chi connectivity index (χ0n) is 30.9. The lowest BCUT2D eigenvalue weighted by Gasteiger charge is -2.17. The molecule has 0 radical (unpaired) electrons. The van der Waals surface area contributed by atoms with E-state index in [1.54, 1.807) is 6.92 Å². The Hall–Kier alpha value is -6.60. The molecule has 4 rings (SSSR count). The van der Waals surface area contributed by atoms with Crippen LogP contribution in [-0.4, -0.2) is 56.8 Å². The first-order valence-electron chi connectivity index (χ1n) is 17.2. The Morgan fingerprint density at radius 2 is 1.21 bits per heavy atom. The third-order valence-electron chi connectivity index (χ3n) is 7.40. The molecule has 312 valence electrons. The molecule has 2 aromatic carbocycles. The molecular weight excluding hydrogens is 783 g/mol. The van der Waals surface area contributed by atoms with Crippen molar-refractivity contribution in [3.05, 3.63) is 124 Å². The number of nitrogens with zero attached hydrogens (tertiary/aromatic N) is 2. The predicted molar refractivity (Wildman–Crippen MR) is 196 cm³/mol. The minimum atomic E-state index is -4.36. The summed E-state index contributed by atoms with van der Waals surface area (Å²) in [5.74, 6) is -6.47. The van der Waals surface area contributed by atoms with Crippen molar-refractivity contribution in [3.8, 4) is 0 Å². The zero-order chi connectivity index (χ0) is 43.6. The van der Waals surface area contributed by atoms with Gasteiger partial charge in [0.1, 0.15) is 41.2 Å². The van der Waals surface area contributed by atoms with Gasteiger partial charge in [0, 0.05) is 18.3 Å². The van der Waals surface area contributed by atoms with Gasteiger partial charge >= 0.3 is 12.1 Å². The van der Waals surface area contributed by atoms with Crippen LogP contribution in [0, 0.1) is 23.3 Å². The van der Waals surface area contributed by atoms with E-state index < -0.39 is 76.7 Å². The second-order valence-corrected chi connectivity index (χ2v) is 12.3. The van der Waals surface area contributed by atoms with Crippen LogP contribution >= 0.6 is 0 Å². The number of pyridine rings is 2. The summed E-state index contributed by atoms with van der Waals surface area (Å²) < 4.78 is 87.8. The van der Waals surface area contributed by atoms with Gasteiger partial charge in [0.05, 0.1) is 24.0 Å². The van der Waals surface area contributed by atoms with Gasteiger partial charge in [0.25, 0.3) is 0 Å². The van der Waals surface area contributed by atoms with Gasteiger partial charge in [-0.15, -0.1) is 0 Å². The van der Waals surface area contributed by atoms with Crippen molar-refractivity contribution in [2.45, 2.75) is 70.6 Å². The molecule has 0 aliphatic heterocycles. The van der Waals surface area contributed by atoms with E-state index in [9.17, 15) is 54.7 Å². The number of rotatable bonds is 14. The topological polar surface area (TPSA) is 217 Å². The molecule has 4 amide bonds. The summed E-state index contributed by atoms with van der Waals surface area (Å²) in [5, 5.41) is 16.3. The number of aliphatic carboxylic acids is 1. The number of carboxylic acids is 1. The van der Waals surface area contributed by atoms with Gasteiger partial charge in [-0.05, 0) is 60.4 Å². The number of hydrogen-bond donors (Lipinski definition) is 5. The summed E-state index contributed by atoms with van der Waals surface area (Å²) in [6.45, 7) is 3.64. The number of carbonyl (C=O) groups excluding carboxylic acids is 4. The van der Waals surface area contributed by atoms with E-state index in [-0.39, 0.29) is 41.2 Å². The number of benzene rings is 2. The first-order chi connectivity index (χ1) is 27.2. The van der Waals surface area contributed by atoms with Crippen LogP contribution in [0.3, 0.4) is 0 Å². The quantitative estimate of drug-likeness (QED) is 0.0873. The number of carboxylic acid groups (broad SMARTS) is 1. The molecule has 20 heteroatoms. The van der Waals surface area contributed by atoms with Gasteiger partial charge in [-0.2, -0.15) is 13.2 Å². The molecular formula is C38H39F7N7O6-. The average Bonchev–Trinajstić information content (AvgIpc) is 3.11. The molecule has 0 saturated heterocycles. The van der Waals surface area contributed by atoms with Crippen LogP contribution < -0.4 is 21.7 Å². The van der Waals surface area contributed by atoms with Gasteiger partial charge in [-0.25, -0.2) is 27.3 Å². The van der Waals surface area contributed by atoms with Crippen LogP contribution in [0.4, 0.5) is 42.4 Å². The first-order valence-corrected chi connectivity index (χ1v) is 17.2. The average molecular weight is 823 g/mol. The number of primary amides is 1. The SMILES string of the molecule is CCCC(NC(=O)Cc1cc(F)cc(F)c1)C(=O)Nc1ccc(C(N)=O)cn1.CCCC(NC(=O)Cc1cc(F)cc(F)c1)C(=O)O.[NH-]c1ccc(C(F)(F)F)cn1. The van der Waals surface area contributed by atoms with Gasteiger partial charge in [-0.1, -0.05) is 50.8 Å². The molecule has 2 atom stereocenters. The molecule has 0 fully saturated rings. The number of halogens is 7. The van der Waals surface area contributed by atoms with Crippen molar-refractivity contribution in [2.24, 2.45) is 5.73 Å². The maximum atomic E-state index is 13.2. The summed E-state index contributed by atoms with van der Waals surface area (Å²) in [6, 6.07) is 8.45. The highest BCUT2D eigenvalue weighted by atomic mass is 19.4. The van der Waals surface area contributed by atoms with Gasteiger partial charge in [0.15, 0.2) is 0 Å². The number of nitrogens with one attached hydrogen (secondary N) is 4.